The quantitative estimate of drug-likeness (QED) is 0.712. The van der Waals surface area contributed by atoms with E-state index in [1.54, 1.807) is 0 Å². The molecule has 2 aromatic rings. The summed E-state index contributed by atoms with van der Waals surface area (Å²) in [7, 11) is 0. The molecule has 1 N–H and O–H groups in total. The Hall–Kier alpha value is -2.23. The molecule has 0 saturated heterocycles. The van der Waals surface area contributed by atoms with Gasteiger partial charge in [0.1, 0.15) is 6.54 Å². The van der Waals surface area contributed by atoms with Crippen molar-refractivity contribution in [3.05, 3.63) is 46.2 Å². The Bertz CT molecular complexity index is 870. The van der Waals surface area contributed by atoms with Gasteiger partial charge in [0.2, 0.25) is 5.91 Å². The smallest absolute Gasteiger partial charge is 0.324 e. The third kappa shape index (κ3) is 4.20. The summed E-state index contributed by atoms with van der Waals surface area (Å²) in [6.45, 7) is -0.687. The molecule has 27 heavy (non-hydrogen) atoms. The lowest BCUT2D eigenvalue weighted by Gasteiger charge is -2.14. The van der Waals surface area contributed by atoms with Gasteiger partial charge in [-0.05, 0) is 25.0 Å². The van der Waals surface area contributed by atoms with E-state index in [0.717, 1.165) is 22.9 Å². The van der Waals surface area contributed by atoms with Crippen molar-refractivity contribution in [2.45, 2.75) is 37.7 Å². The Labute approximate surface area is 154 Å². The molecule has 3 rings (SSSR count). The second-order valence-electron chi connectivity index (χ2n) is 6.07. The number of para-hydroxylation sites is 1. The molecule has 146 valence electrons. The van der Waals surface area contributed by atoms with Crippen molar-refractivity contribution in [1.82, 2.24) is 9.78 Å². The maximum atomic E-state index is 13.0. The Morgan fingerprint density at radius 3 is 2.33 bits per heavy atom. The third-order valence-electron chi connectivity index (χ3n) is 3.96. The number of hydrogen-bond acceptors (Lipinski definition) is 2. The lowest BCUT2D eigenvalue weighted by Crippen LogP contribution is -2.23. The first-order valence-electron chi connectivity index (χ1n) is 7.78. The summed E-state index contributed by atoms with van der Waals surface area (Å²) in [5.41, 5.74) is -2.79. The van der Waals surface area contributed by atoms with Crippen LogP contribution in [0.5, 0.6) is 0 Å². The molecule has 1 saturated carbocycles. The largest absolute Gasteiger partial charge is 0.436 e. The van der Waals surface area contributed by atoms with Crippen LogP contribution < -0.4 is 5.32 Å². The molecule has 0 spiro atoms. The lowest BCUT2D eigenvalue weighted by atomic mass is 10.1. The van der Waals surface area contributed by atoms with Crippen molar-refractivity contribution in [2.75, 3.05) is 5.32 Å². The third-order valence-corrected chi connectivity index (χ3v) is 4.34. The van der Waals surface area contributed by atoms with Crippen molar-refractivity contribution in [2.24, 2.45) is 0 Å². The van der Waals surface area contributed by atoms with Crippen LogP contribution in [0, 0.1) is 0 Å². The first-order valence-corrected chi connectivity index (χ1v) is 8.15. The predicted molar refractivity (Wildman–Crippen MR) is 84.3 cm³/mol. The van der Waals surface area contributed by atoms with Gasteiger partial charge in [-0.15, -0.1) is 0 Å². The van der Waals surface area contributed by atoms with Crippen LogP contribution in [0.1, 0.15) is 35.7 Å². The van der Waals surface area contributed by atoms with Gasteiger partial charge in [0.25, 0.3) is 0 Å². The van der Waals surface area contributed by atoms with E-state index in [9.17, 15) is 31.1 Å². The van der Waals surface area contributed by atoms with Gasteiger partial charge in [-0.1, -0.05) is 23.7 Å². The zero-order valence-electron chi connectivity index (χ0n) is 13.5. The summed E-state index contributed by atoms with van der Waals surface area (Å²) in [4.78, 5) is 12.2. The van der Waals surface area contributed by atoms with Crippen LogP contribution in [0.2, 0.25) is 5.02 Å². The minimum atomic E-state index is -4.80. The van der Waals surface area contributed by atoms with Gasteiger partial charge >= 0.3 is 12.4 Å². The number of nitrogens with one attached hydrogen (secondary N) is 1. The van der Waals surface area contributed by atoms with E-state index in [2.05, 4.69) is 10.4 Å². The van der Waals surface area contributed by atoms with E-state index in [4.69, 9.17) is 11.6 Å². The van der Waals surface area contributed by atoms with E-state index in [1.165, 1.54) is 6.07 Å². The van der Waals surface area contributed by atoms with Crippen molar-refractivity contribution in [3.63, 3.8) is 0 Å². The SMILES string of the molecule is O=C(Cn1nc(C(F)(F)F)c(Cl)c1C1CC1)Nc1ccccc1C(F)(F)F. The van der Waals surface area contributed by atoms with Gasteiger partial charge in [-0.2, -0.15) is 31.4 Å². The summed E-state index contributed by atoms with van der Waals surface area (Å²) >= 11 is 5.79. The van der Waals surface area contributed by atoms with Crippen LogP contribution in [-0.4, -0.2) is 15.7 Å². The number of benzene rings is 1. The molecule has 1 aliphatic carbocycles. The number of halogens is 7. The highest BCUT2D eigenvalue weighted by Crippen LogP contribution is 2.46. The average Bonchev–Trinajstić information content (AvgIpc) is 3.30. The van der Waals surface area contributed by atoms with E-state index in [1.807, 2.05) is 0 Å². The molecule has 0 atom stereocenters. The predicted octanol–water partition coefficient (Wildman–Crippen LogP) is 5.09. The Morgan fingerprint density at radius 1 is 1.15 bits per heavy atom. The van der Waals surface area contributed by atoms with E-state index >= 15 is 0 Å². The molecule has 1 aromatic carbocycles. The molecule has 11 heteroatoms. The normalized spacial score (nSPS) is 15.1. The summed E-state index contributed by atoms with van der Waals surface area (Å²) in [5, 5.41) is 4.87. The average molecular weight is 412 g/mol. The summed E-state index contributed by atoms with van der Waals surface area (Å²) in [6, 6.07) is 4.30. The highest BCUT2D eigenvalue weighted by molar-refractivity contribution is 6.32. The molecule has 1 aliphatic rings. The van der Waals surface area contributed by atoms with Gasteiger partial charge < -0.3 is 5.32 Å². The van der Waals surface area contributed by atoms with Crippen LogP contribution in [-0.2, 0) is 23.7 Å². The lowest BCUT2D eigenvalue weighted by molar-refractivity contribution is -0.141. The molecule has 1 fully saturated rings. The number of aromatic nitrogens is 2. The van der Waals surface area contributed by atoms with E-state index in [0.29, 0.717) is 12.8 Å². The fourth-order valence-corrected chi connectivity index (χ4v) is 3.06. The van der Waals surface area contributed by atoms with Crippen molar-refractivity contribution in [1.29, 1.82) is 0 Å². The minimum Gasteiger partial charge on any atom is -0.324 e. The molecule has 0 radical (unpaired) electrons. The maximum absolute atomic E-state index is 13.0. The van der Waals surface area contributed by atoms with Crippen LogP contribution in [0.25, 0.3) is 0 Å². The monoisotopic (exact) mass is 411 g/mol. The molecule has 0 aliphatic heterocycles. The van der Waals surface area contributed by atoms with Gasteiger partial charge in [-0.3, -0.25) is 9.48 Å². The van der Waals surface area contributed by atoms with Crippen molar-refractivity contribution >= 4 is 23.2 Å². The van der Waals surface area contributed by atoms with Crippen molar-refractivity contribution in [3.8, 4) is 0 Å². The standard InChI is InChI=1S/C16H12ClF6N3O/c17-12-13(8-5-6-8)26(25-14(12)16(21,22)23)7-11(27)24-10-4-2-1-3-9(10)15(18,19)20/h1-4,8H,5-7H2,(H,24,27). The second kappa shape index (κ2) is 6.74. The minimum absolute atomic E-state index is 0.0725. The van der Waals surface area contributed by atoms with Crippen LogP contribution in [0.4, 0.5) is 32.0 Å². The Morgan fingerprint density at radius 2 is 1.78 bits per heavy atom. The van der Waals surface area contributed by atoms with Gasteiger partial charge in [0.15, 0.2) is 5.69 Å². The number of rotatable bonds is 4. The number of amides is 1. The summed E-state index contributed by atoms with van der Waals surface area (Å²) in [6.07, 6.45) is -8.30. The Kier molecular flexibility index (Phi) is 4.87. The van der Waals surface area contributed by atoms with Crippen LogP contribution in [0.3, 0.4) is 0 Å². The fourth-order valence-electron chi connectivity index (χ4n) is 2.67. The van der Waals surface area contributed by atoms with Crippen molar-refractivity contribution < 1.29 is 31.1 Å². The topological polar surface area (TPSA) is 46.9 Å². The van der Waals surface area contributed by atoms with Gasteiger partial charge in [-0.25, -0.2) is 0 Å². The molecule has 0 bridgehead atoms. The van der Waals surface area contributed by atoms with Gasteiger partial charge in [0.05, 0.1) is 22.0 Å². The highest BCUT2D eigenvalue weighted by atomic mass is 35.5. The molecular formula is C16H12ClF6N3O. The van der Waals surface area contributed by atoms with Crippen LogP contribution in [0.15, 0.2) is 24.3 Å². The van der Waals surface area contributed by atoms with E-state index < -0.39 is 46.8 Å². The first kappa shape index (κ1) is 19.5. The maximum Gasteiger partial charge on any atom is 0.436 e. The molecule has 0 unspecified atom stereocenters. The first-order chi connectivity index (χ1) is 12.5. The molecule has 1 heterocycles. The zero-order chi connectivity index (χ0) is 20.0. The summed E-state index contributed by atoms with van der Waals surface area (Å²) < 4.78 is 78.8. The number of hydrogen-bond donors (Lipinski definition) is 1. The van der Waals surface area contributed by atoms with Crippen LogP contribution >= 0.6 is 11.6 Å². The molecule has 4 nitrogen and oxygen atoms in total. The number of nitrogens with zero attached hydrogens (tertiary/aromatic N) is 2. The van der Waals surface area contributed by atoms with Gasteiger partial charge in [0, 0.05) is 5.92 Å². The number of carbonyl (C=O) groups is 1. The molecule has 1 amide bonds. The number of anilines is 1. The number of alkyl halides is 6. The fraction of sp³-hybridized carbons (Fsp3) is 0.375. The zero-order valence-corrected chi connectivity index (χ0v) is 14.2. The van der Waals surface area contributed by atoms with E-state index in [-0.39, 0.29) is 11.6 Å². The summed E-state index contributed by atoms with van der Waals surface area (Å²) in [5.74, 6) is -1.20. The second-order valence-corrected chi connectivity index (χ2v) is 6.45. The highest BCUT2D eigenvalue weighted by Gasteiger charge is 2.42. The molecule has 1 aromatic heterocycles. The Balaban J connectivity index is 1.86. The molecular weight excluding hydrogens is 400 g/mol. The number of carbonyl (C=O) groups excluding carboxylic acids is 1.